The molecule has 0 unspecified atom stereocenters. The van der Waals surface area contributed by atoms with E-state index in [2.05, 4.69) is 46.0 Å². The van der Waals surface area contributed by atoms with Crippen LogP contribution in [-0.4, -0.2) is 59.9 Å². The lowest BCUT2D eigenvalue weighted by atomic mass is 9.93. The number of fused-ring (bicyclic) bond motifs is 1. The molecule has 4 rings (SSSR count). The van der Waals surface area contributed by atoms with E-state index in [1.165, 1.54) is 50.0 Å². The van der Waals surface area contributed by atoms with Gasteiger partial charge in [-0.15, -0.1) is 0 Å². The van der Waals surface area contributed by atoms with Crippen LogP contribution >= 0.6 is 0 Å². The Morgan fingerprint density at radius 3 is 2.33 bits per heavy atom. The predicted molar refractivity (Wildman–Crippen MR) is 95.5 cm³/mol. The highest BCUT2D eigenvalue weighted by atomic mass is 16.2. The molecule has 3 aliphatic rings. The fourth-order valence-electron chi connectivity index (χ4n) is 4.65. The fourth-order valence-corrected chi connectivity index (χ4v) is 4.65. The molecule has 0 aromatic heterocycles. The zero-order valence-corrected chi connectivity index (χ0v) is 14.8. The molecule has 2 saturated heterocycles. The lowest BCUT2D eigenvalue weighted by Gasteiger charge is -2.41. The second-order valence-corrected chi connectivity index (χ2v) is 7.83. The van der Waals surface area contributed by atoms with Crippen LogP contribution in [0.2, 0.25) is 0 Å². The van der Waals surface area contributed by atoms with Gasteiger partial charge >= 0.3 is 0 Å². The summed E-state index contributed by atoms with van der Waals surface area (Å²) in [5, 5.41) is 0. The van der Waals surface area contributed by atoms with Crippen LogP contribution in [0.5, 0.6) is 0 Å². The highest BCUT2D eigenvalue weighted by molar-refractivity contribution is 5.80. The molecule has 0 N–H and O–H groups in total. The Balaban J connectivity index is 1.37. The van der Waals surface area contributed by atoms with Crippen LogP contribution < -0.4 is 0 Å². The average Bonchev–Trinajstić information content (AvgIpc) is 3.06. The Morgan fingerprint density at radius 2 is 1.67 bits per heavy atom. The fraction of sp³-hybridized carbons (Fsp3) is 0.650. The number of carbonyl (C=O) groups is 1. The van der Waals surface area contributed by atoms with Crippen molar-refractivity contribution in [3.8, 4) is 0 Å². The number of carbonyl (C=O) groups excluding carboxylic acids is 1. The third kappa shape index (κ3) is 3.22. The molecule has 2 fully saturated rings. The minimum Gasteiger partial charge on any atom is -0.334 e. The molecule has 1 aromatic rings. The summed E-state index contributed by atoms with van der Waals surface area (Å²) < 4.78 is 0. The standard InChI is InChI=1S/C20H29N3O/c1-21-11-8-19(9-12-21)22-10-4-7-18(15-22)20(24)23-13-16-5-2-3-6-17(16)14-23/h2-3,5-6,18-19H,4,7-15H2,1H3/t18-/m1/s1. The first-order valence-corrected chi connectivity index (χ1v) is 9.49. The topological polar surface area (TPSA) is 26.8 Å². The van der Waals surface area contributed by atoms with E-state index in [0.29, 0.717) is 11.9 Å². The predicted octanol–water partition coefficient (Wildman–Crippen LogP) is 2.33. The van der Waals surface area contributed by atoms with E-state index in [-0.39, 0.29) is 5.92 Å². The Labute approximate surface area is 145 Å². The maximum absolute atomic E-state index is 13.0. The van der Waals surface area contributed by atoms with Crippen LogP contribution in [0.25, 0.3) is 0 Å². The van der Waals surface area contributed by atoms with Crippen molar-refractivity contribution in [1.82, 2.24) is 14.7 Å². The van der Waals surface area contributed by atoms with E-state index < -0.39 is 0 Å². The van der Waals surface area contributed by atoms with E-state index in [4.69, 9.17) is 0 Å². The summed E-state index contributed by atoms with van der Waals surface area (Å²) in [5.41, 5.74) is 2.66. The van der Waals surface area contributed by atoms with Crippen molar-refractivity contribution in [2.75, 3.05) is 33.2 Å². The maximum atomic E-state index is 13.0. The summed E-state index contributed by atoms with van der Waals surface area (Å²) in [5.74, 6) is 0.580. The largest absolute Gasteiger partial charge is 0.334 e. The summed E-state index contributed by atoms with van der Waals surface area (Å²) in [6, 6.07) is 9.17. The average molecular weight is 327 g/mol. The molecular weight excluding hydrogens is 298 g/mol. The van der Waals surface area contributed by atoms with Crippen molar-refractivity contribution < 1.29 is 4.79 Å². The molecule has 0 aliphatic carbocycles. The number of piperidine rings is 2. The van der Waals surface area contributed by atoms with Crippen molar-refractivity contribution in [1.29, 1.82) is 0 Å². The van der Waals surface area contributed by atoms with Gasteiger partial charge in [0.15, 0.2) is 0 Å². The Hall–Kier alpha value is -1.39. The summed E-state index contributed by atoms with van der Waals surface area (Å²) in [6.45, 7) is 6.15. The van der Waals surface area contributed by atoms with Gasteiger partial charge in [-0.1, -0.05) is 24.3 Å². The second-order valence-electron chi connectivity index (χ2n) is 7.83. The first-order valence-electron chi connectivity index (χ1n) is 9.49. The number of hydrogen-bond acceptors (Lipinski definition) is 3. The first kappa shape index (κ1) is 16.1. The molecule has 4 nitrogen and oxygen atoms in total. The second kappa shape index (κ2) is 6.85. The molecule has 3 heterocycles. The molecule has 0 radical (unpaired) electrons. The van der Waals surface area contributed by atoms with Crippen molar-refractivity contribution in [2.45, 2.75) is 44.8 Å². The minimum atomic E-state index is 0.202. The summed E-state index contributed by atoms with van der Waals surface area (Å²) >= 11 is 0. The molecule has 1 amide bonds. The van der Waals surface area contributed by atoms with Gasteiger partial charge in [0.2, 0.25) is 5.91 Å². The number of amides is 1. The first-order chi connectivity index (χ1) is 11.7. The van der Waals surface area contributed by atoms with Gasteiger partial charge in [0, 0.05) is 25.7 Å². The van der Waals surface area contributed by atoms with Crippen LogP contribution in [0.15, 0.2) is 24.3 Å². The van der Waals surface area contributed by atoms with Crippen molar-refractivity contribution in [3.05, 3.63) is 35.4 Å². The van der Waals surface area contributed by atoms with Crippen LogP contribution in [-0.2, 0) is 17.9 Å². The summed E-state index contributed by atoms with van der Waals surface area (Å²) in [7, 11) is 2.21. The highest BCUT2D eigenvalue weighted by Gasteiger charge is 2.34. The zero-order chi connectivity index (χ0) is 16.5. The molecule has 130 valence electrons. The third-order valence-electron chi connectivity index (χ3n) is 6.16. The summed E-state index contributed by atoms with van der Waals surface area (Å²) in [4.78, 5) is 20.2. The molecular formula is C20H29N3O. The Bertz CT molecular complexity index is 569. The number of benzene rings is 1. The minimum absolute atomic E-state index is 0.202. The van der Waals surface area contributed by atoms with Crippen molar-refractivity contribution >= 4 is 5.91 Å². The number of hydrogen-bond donors (Lipinski definition) is 0. The van der Waals surface area contributed by atoms with Gasteiger partial charge < -0.3 is 9.80 Å². The van der Waals surface area contributed by atoms with E-state index in [1.807, 2.05) is 0 Å². The maximum Gasteiger partial charge on any atom is 0.227 e. The quantitative estimate of drug-likeness (QED) is 0.834. The Morgan fingerprint density at radius 1 is 1.00 bits per heavy atom. The molecule has 24 heavy (non-hydrogen) atoms. The monoisotopic (exact) mass is 327 g/mol. The molecule has 4 heteroatoms. The van der Waals surface area contributed by atoms with Crippen LogP contribution in [0.1, 0.15) is 36.8 Å². The van der Waals surface area contributed by atoms with E-state index in [9.17, 15) is 4.79 Å². The van der Waals surface area contributed by atoms with Gasteiger partial charge in [-0.05, 0) is 63.5 Å². The van der Waals surface area contributed by atoms with Gasteiger partial charge in [-0.2, -0.15) is 0 Å². The molecule has 0 spiro atoms. The van der Waals surface area contributed by atoms with Gasteiger partial charge in [-0.3, -0.25) is 9.69 Å². The third-order valence-corrected chi connectivity index (χ3v) is 6.16. The van der Waals surface area contributed by atoms with E-state index in [0.717, 1.165) is 26.1 Å². The Kier molecular flexibility index (Phi) is 4.59. The smallest absolute Gasteiger partial charge is 0.227 e. The van der Waals surface area contributed by atoms with E-state index >= 15 is 0 Å². The number of likely N-dealkylation sites (tertiary alicyclic amines) is 2. The molecule has 1 atom stereocenters. The number of nitrogens with zero attached hydrogens (tertiary/aromatic N) is 3. The van der Waals surface area contributed by atoms with Gasteiger partial charge in [-0.25, -0.2) is 0 Å². The SMILES string of the molecule is CN1CCC(N2CCC[C@@H](C(=O)N3Cc4ccccc4C3)C2)CC1. The highest BCUT2D eigenvalue weighted by Crippen LogP contribution is 2.28. The summed E-state index contributed by atoms with van der Waals surface area (Å²) in [6.07, 6.45) is 4.75. The van der Waals surface area contributed by atoms with E-state index in [1.54, 1.807) is 0 Å². The van der Waals surface area contributed by atoms with Crippen LogP contribution in [0.3, 0.4) is 0 Å². The van der Waals surface area contributed by atoms with Gasteiger partial charge in [0.1, 0.15) is 0 Å². The van der Waals surface area contributed by atoms with Crippen molar-refractivity contribution in [2.24, 2.45) is 5.92 Å². The van der Waals surface area contributed by atoms with Gasteiger partial charge in [0.25, 0.3) is 0 Å². The van der Waals surface area contributed by atoms with Gasteiger partial charge in [0.05, 0.1) is 5.92 Å². The molecule has 1 aromatic carbocycles. The van der Waals surface area contributed by atoms with Crippen LogP contribution in [0.4, 0.5) is 0 Å². The lowest BCUT2D eigenvalue weighted by Crippen LogP contribution is -2.50. The zero-order valence-electron chi connectivity index (χ0n) is 14.8. The molecule has 3 aliphatic heterocycles. The normalized spacial score (nSPS) is 26.5. The molecule has 0 bridgehead atoms. The lowest BCUT2D eigenvalue weighted by molar-refractivity contribution is -0.138. The van der Waals surface area contributed by atoms with Crippen molar-refractivity contribution in [3.63, 3.8) is 0 Å². The molecule has 0 saturated carbocycles. The number of rotatable bonds is 2. The van der Waals surface area contributed by atoms with Crippen LogP contribution in [0, 0.1) is 5.92 Å².